The van der Waals surface area contributed by atoms with Crippen LogP contribution >= 0.6 is 23.2 Å². The van der Waals surface area contributed by atoms with Gasteiger partial charge in [-0.05, 0) is 12.5 Å². The highest BCUT2D eigenvalue weighted by molar-refractivity contribution is 6.31. The predicted octanol–water partition coefficient (Wildman–Crippen LogP) is 5.93. The third-order valence-corrected chi connectivity index (χ3v) is 4.25. The number of unbranched alkanes of at least 4 members (excludes halogenated alkanes) is 5. The number of imidazole rings is 1. The highest BCUT2D eigenvalue weighted by Crippen LogP contribution is 2.25. The number of aryl methyl sites for hydroxylation is 1. The molecule has 0 aliphatic carbocycles. The maximum Gasteiger partial charge on any atom is 0.144 e. The second-order valence-electron chi connectivity index (χ2n) is 5.34. The molecule has 0 atom stereocenters. The lowest BCUT2D eigenvalue weighted by atomic mass is 10.1. The first-order valence-corrected chi connectivity index (χ1v) is 8.48. The van der Waals surface area contributed by atoms with E-state index in [4.69, 9.17) is 23.2 Å². The van der Waals surface area contributed by atoms with Gasteiger partial charge in [0, 0.05) is 12.6 Å². The highest BCUT2D eigenvalue weighted by atomic mass is 35.5. The summed E-state index contributed by atoms with van der Waals surface area (Å²) in [4.78, 5) is 4.39. The first kappa shape index (κ1) is 16.6. The molecule has 0 bridgehead atoms. The molecule has 0 radical (unpaired) electrons. The topological polar surface area (TPSA) is 17.8 Å². The largest absolute Gasteiger partial charge is 0.327 e. The van der Waals surface area contributed by atoms with Crippen molar-refractivity contribution in [2.75, 3.05) is 0 Å². The molecule has 1 heterocycles. The van der Waals surface area contributed by atoms with Crippen molar-refractivity contribution in [3.05, 3.63) is 28.8 Å². The monoisotopic (exact) mass is 330 g/mol. The zero-order valence-corrected chi connectivity index (χ0v) is 13.9. The fraction of sp³-hybridized carbons (Fsp3) is 0.562. The van der Waals surface area contributed by atoms with Crippen molar-refractivity contribution in [2.24, 2.45) is 0 Å². The standard InChI is InChI=1S/C16H21Cl2FN2/c1-2-3-4-5-6-7-8-21-15-9-12(18)13(19)10-14(15)20-16(21)11-17/h9-10H,2-8,11H2,1H3. The van der Waals surface area contributed by atoms with Crippen LogP contribution in [0.1, 0.15) is 51.3 Å². The van der Waals surface area contributed by atoms with E-state index in [1.165, 1.54) is 38.2 Å². The maximum absolute atomic E-state index is 13.5. The van der Waals surface area contributed by atoms with E-state index in [0.29, 0.717) is 11.4 Å². The minimum atomic E-state index is -0.436. The Morgan fingerprint density at radius 2 is 1.86 bits per heavy atom. The molecule has 0 unspecified atom stereocenters. The highest BCUT2D eigenvalue weighted by Gasteiger charge is 2.12. The summed E-state index contributed by atoms with van der Waals surface area (Å²) in [5.74, 6) is 0.667. The van der Waals surface area contributed by atoms with Gasteiger partial charge in [0.05, 0.1) is 21.9 Å². The number of aromatic nitrogens is 2. The molecule has 0 fully saturated rings. The Hall–Kier alpha value is -0.800. The normalized spacial score (nSPS) is 11.4. The first-order chi connectivity index (χ1) is 10.2. The number of rotatable bonds is 8. The molecule has 0 N–H and O–H groups in total. The van der Waals surface area contributed by atoms with Crippen LogP contribution in [0.15, 0.2) is 12.1 Å². The van der Waals surface area contributed by atoms with E-state index < -0.39 is 5.82 Å². The van der Waals surface area contributed by atoms with Gasteiger partial charge in [-0.25, -0.2) is 9.37 Å². The molecule has 21 heavy (non-hydrogen) atoms. The van der Waals surface area contributed by atoms with Crippen molar-refractivity contribution < 1.29 is 4.39 Å². The van der Waals surface area contributed by atoms with Gasteiger partial charge in [0.25, 0.3) is 0 Å². The average molecular weight is 331 g/mol. The lowest BCUT2D eigenvalue weighted by molar-refractivity contribution is 0.557. The smallest absolute Gasteiger partial charge is 0.144 e. The number of hydrogen-bond acceptors (Lipinski definition) is 1. The molecular formula is C16H21Cl2FN2. The van der Waals surface area contributed by atoms with Gasteiger partial charge in [-0.1, -0.05) is 50.6 Å². The third-order valence-electron chi connectivity index (χ3n) is 3.72. The van der Waals surface area contributed by atoms with Crippen molar-refractivity contribution in [1.29, 1.82) is 0 Å². The Morgan fingerprint density at radius 3 is 2.57 bits per heavy atom. The molecule has 116 valence electrons. The van der Waals surface area contributed by atoms with Gasteiger partial charge in [-0.3, -0.25) is 0 Å². The summed E-state index contributed by atoms with van der Waals surface area (Å²) in [6.45, 7) is 3.07. The number of halogens is 3. The van der Waals surface area contributed by atoms with Gasteiger partial charge in [0.15, 0.2) is 0 Å². The van der Waals surface area contributed by atoms with Crippen LogP contribution in [0.2, 0.25) is 5.02 Å². The van der Waals surface area contributed by atoms with Crippen LogP contribution in [0.5, 0.6) is 0 Å². The van der Waals surface area contributed by atoms with Crippen molar-refractivity contribution in [3.63, 3.8) is 0 Å². The summed E-state index contributed by atoms with van der Waals surface area (Å²) in [6.07, 6.45) is 7.37. The molecule has 5 heteroatoms. The lowest BCUT2D eigenvalue weighted by Gasteiger charge is -2.08. The number of benzene rings is 1. The summed E-state index contributed by atoms with van der Waals surface area (Å²) in [7, 11) is 0. The molecule has 0 spiro atoms. The molecule has 0 aliphatic heterocycles. The van der Waals surface area contributed by atoms with E-state index in [1.807, 2.05) is 0 Å². The number of alkyl halides is 1. The maximum atomic E-state index is 13.5. The van der Waals surface area contributed by atoms with E-state index in [-0.39, 0.29) is 5.02 Å². The van der Waals surface area contributed by atoms with E-state index >= 15 is 0 Å². The second kappa shape index (κ2) is 8.00. The number of nitrogens with zero attached hydrogens (tertiary/aromatic N) is 2. The van der Waals surface area contributed by atoms with E-state index in [2.05, 4.69) is 16.5 Å². The number of fused-ring (bicyclic) bond motifs is 1. The average Bonchev–Trinajstić information content (AvgIpc) is 2.80. The fourth-order valence-electron chi connectivity index (χ4n) is 2.57. The fourth-order valence-corrected chi connectivity index (χ4v) is 2.93. The quantitative estimate of drug-likeness (QED) is 0.433. The van der Waals surface area contributed by atoms with Crippen LogP contribution < -0.4 is 0 Å². The van der Waals surface area contributed by atoms with Gasteiger partial charge in [0.1, 0.15) is 11.6 Å². The Labute approximate surface area is 135 Å². The van der Waals surface area contributed by atoms with Crippen LogP contribution in [-0.2, 0) is 12.4 Å². The first-order valence-electron chi connectivity index (χ1n) is 7.57. The number of hydrogen-bond donors (Lipinski definition) is 0. The molecular weight excluding hydrogens is 310 g/mol. The summed E-state index contributed by atoms with van der Waals surface area (Å²) >= 11 is 11.8. The Kier molecular flexibility index (Phi) is 6.31. The van der Waals surface area contributed by atoms with E-state index in [9.17, 15) is 4.39 Å². The van der Waals surface area contributed by atoms with Gasteiger partial charge >= 0.3 is 0 Å². The van der Waals surface area contributed by atoms with Crippen LogP contribution in [0.3, 0.4) is 0 Å². The van der Waals surface area contributed by atoms with Crippen molar-refractivity contribution in [1.82, 2.24) is 9.55 Å². The molecule has 2 rings (SSSR count). The summed E-state index contributed by atoms with van der Waals surface area (Å²) in [5, 5.41) is 0.132. The van der Waals surface area contributed by atoms with Crippen molar-refractivity contribution in [3.8, 4) is 0 Å². The zero-order chi connectivity index (χ0) is 15.2. The van der Waals surface area contributed by atoms with Gasteiger partial charge < -0.3 is 4.57 Å². The molecule has 0 saturated heterocycles. The molecule has 0 amide bonds. The Morgan fingerprint density at radius 1 is 1.14 bits per heavy atom. The summed E-state index contributed by atoms with van der Waals surface area (Å²) in [5.41, 5.74) is 1.49. The van der Waals surface area contributed by atoms with E-state index in [1.54, 1.807) is 6.07 Å². The van der Waals surface area contributed by atoms with Crippen LogP contribution in [0.25, 0.3) is 11.0 Å². The van der Waals surface area contributed by atoms with Crippen LogP contribution in [0, 0.1) is 5.82 Å². The minimum absolute atomic E-state index is 0.132. The predicted molar refractivity (Wildman–Crippen MR) is 87.6 cm³/mol. The summed E-state index contributed by atoms with van der Waals surface area (Å²) < 4.78 is 15.6. The minimum Gasteiger partial charge on any atom is -0.327 e. The van der Waals surface area contributed by atoms with Crippen molar-refractivity contribution >= 4 is 34.2 Å². The molecule has 0 saturated carbocycles. The second-order valence-corrected chi connectivity index (χ2v) is 6.01. The molecule has 2 nitrogen and oxygen atoms in total. The van der Waals surface area contributed by atoms with Crippen LogP contribution in [0.4, 0.5) is 4.39 Å². The van der Waals surface area contributed by atoms with Gasteiger partial charge in [0.2, 0.25) is 0 Å². The van der Waals surface area contributed by atoms with Gasteiger partial charge in [-0.2, -0.15) is 0 Å². The Balaban J connectivity index is 2.08. The third kappa shape index (κ3) is 4.10. The van der Waals surface area contributed by atoms with Crippen molar-refractivity contribution in [2.45, 2.75) is 57.9 Å². The summed E-state index contributed by atoms with van der Waals surface area (Å²) in [6, 6.07) is 3.03. The molecule has 0 aliphatic rings. The lowest BCUT2D eigenvalue weighted by Crippen LogP contribution is -2.02. The Bertz CT molecular complexity index is 595. The van der Waals surface area contributed by atoms with Gasteiger partial charge in [-0.15, -0.1) is 11.6 Å². The van der Waals surface area contributed by atoms with Crippen LogP contribution in [-0.4, -0.2) is 9.55 Å². The molecule has 1 aromatic heterocycles. The van der Waals surface area contributed by atoms with E-state index in [0.717, 1.165) is 24.3 Å². The SMILES string of the molecule is CCCCCCCCn1c(CCl)nc2cc(F)c(Cl)cc21. The molecule has 1 aromatic carbocycles. The zero-order valence-electron chi connectivity index (χ0n) is 12.3. The molecule has 2 aromatic rings.